The van der Waals surface area contributed by atoms with Crippen LogP contribution < -0.4 is 10.2 Å². The van der Waals surface area contributed by atoms with Crippen molar-refractivity contribution in [3.63, 3.8) is 0 Å². The average molecular weight is 388 g/mol. The first-order valence-corrected chi connectivity index (χ1v) is 10.3. The number of carbonyl (C=O) groups excluding carboxylic acids is 1. The molecule has 1 aromatic carbocycles. The molecule has 6 nitrogen and oxygen atoms in total. The minimum absolute atomic E-state index is 0.0318. The highest BCUT2D eigenvalue weighted by Gasteiger charge is 2.20. The lowest BCUT2D eigenvalue weighted by molar-refractivity contribution is -0.120. The van der Waals surface area contributed by atoms with Crippen molar-refractivity contribution in [2.75, 3.05) is 24.5 Å². The standard InChI is InChI=1S/C20H29N5OS/c1-6-14-21-19(26)15(5)27-20-23-22-18(25(20)9-4)16-10-12-17(13-11-16)24(7-2)8-3/h6,10-13,15H,1,7-9,14H2,2-5H3,(H,21,26)/t15-/m1/s1. The first-order chi connectivity index (χ1) is 13.0. The summed E-state index contributed by atoms with van der Waals surface area (Å²) in [7, 11) is 0. The van der Waals surface area contributed by atoms with E-state index in [1.807, 2.05) is 11.5 Å². The predicted octanol–water partition coefficient (Wildman–Crippen LogP) is 3.59. The topological polar surface area (TPSA) is 63.1 Å². The van der Waals surface area contributed by atoms with Gasteiger partial charge in [0.15, 0.2) is 11.0 Å². The molecule has 0 saturated carbocycles. The van der Waals surface area contributed by atoms with Crippen LogP contribution in [0.1, 0.15) is 27.7 Å². The van der Waals surface area contributed by atoms with Gasteiger partial charge in [0.05, 0.1) is 5.25 Å². The van der Waals surface area contributed by atoms with Gasteiger partial charge in [0, 0.05) is 37.4 Å². The van der Waals surface area contributed by atoms with Crippen LogP contribution in [0, 0.1) is 0 Å². The molecule has 0 saturated heterocycles. The summed E-state index contributed by atoms with van der Waals surface area (Å²) in [6, 6.07) is 8.40. The maximum absolute atomic E-state index is 12.1. The van der Waals surface area contributed by atoms with Gasteiger partial charge in [0.25, 0.3) is 0 Å². The van der Waals surface area contributed by atoms with Gasteiger partial charge < -0.3 is 14.8 Å². The molecule has 2 aromatic rings. The summed E-state index contributed by atoms with van der Waals surface area (Å²) < 4.78 is 2.05. The maximum atomic E-state index is 12.1. The molecule has 0 spiro atoms. The molecule has 0 fully saturated rings. The van der Waals surface area contributed by atoms with E-state index in [9.17, 15) is 4.79 Å². The second kappa shape index (κ2) is 10.2. The van der Waals surface area contributed by atoms with E-state index in [2.05, 4.69) is 72.0 Å². The molecular weight excluding hydrogens is 358 g/mol. The third kappa shape index (κ3) is 5.13. The lowest BCUT2D eigenvalue weighted by Crippen LogP contribution is -2.31. The van der Waals surface area contributed by atoms with E-state index in [4.69, 9.17) is 0 Å². The molecule has 1 N–H and O–H groups in total. The highest BCUT2D eigenvalue weighted by atomic mass is 32.2. The SMILES string of the molecule is C=CCNC(=O)[C@@H](C)Sc1nnc(-c2ccc(N(CC)CC)cc2)n1CC. The molecule has 0 aliphatic carbocycles. The number of benzene rings is 1. The molecule has 7 heteroatoms. The van der Waals surface area contributed by atoms with Crippen molar-refractivity contribution in [3.05, 3.63) is 36.9 Å². The van der Waals surface area contributed by atoms with Gasteiger partial charge in [0.1, 0.15) is 0 Å². The van der Waals surface area contributed by atoms with Crippen LogP contribution in [0.3, 0.4) is 0 Å². The van der Waals surface area contributed by atoms with E-state index < -0.39 is 0 Å². The maximum Gasteiger partial charge on any atom is 0.233 e. The Morgan fingerprint density at radius 3 is 2.48 bits per heavy atom. The molecule has 2 rings (SSSR count). The highest BCUT2D eigenvalue weighted by molar-refractivity contribution is 8.00. The molecule has 1 heterocycles. The Balaban J connectivity index is 2.20. The number of hydrogen-bond acceptors (Lipinski definition) is 5. The van der Waals surface area contributed by atoms with Gasteiger partial charge in [0.2, 0.25) is 5.91 Å². The number of thioether (sulfide) groups is 1. The van der Waals surface area contributed by atoms with Crippen LogP contribution in [-0.4, -0.2) is 45.6 Å². The first kappa shape index (κ1) is 21.0. The van der Waals surface area contributed by atoms with Crippen molar-refractivity contribution in [3.8, 4) is 11.4 Å². The molecule has 146 valence electrons. The van der Waals surface area contributed by atoms with Crippen LogP contribution in [-0.2, 0) is 11.3 Å². The summed E-state index contributed by atoms with van der Waals surface area (Å²) in [4.78, 5) is 14.4. The third-order valence-corrected chi connectivity index (χ3v) is 5.44. The molecule has 27 heavy (non-hydrogen) atoms. The van der Waals surface area contributed by atoms with E-state index >= 15 is 0 Å². The van der Waals surface area contributed by atoms with Crippen LogP contribution in [0.15, 0.2) is 42.1 Å². The summed E-state index contributed by atoms with van der Waals surface area (Å²) in [5, 5.41) is 12.0. The van der Waals surface area contributed by atoms with Crippen molar-refractivity contribution in [1.82, 2.24) is 20.1 Å². The smallest absolute Gasteiger partial charge is 0.233 e. The van der Waals surface area contributed by atoms with Crippen molar-refractivity contribution in [2.45, 2.75) is 44.6 Å². The number of amides is 1. The lowest BCUT2D eigenvalue weighted by atomic mass is 10.2. The number of rotatable bonds is 10. The van der Waals surface area contributed by atoms with Crippen molar-refractivity contribution >= 4 is 23.4 Å². The zero-order valence-electron chi connectivity index (χ0n) is 16.6. The Hall–Kier alpha value is -2.28. The predicted molar refractivity (Wildman–Crippen MR) is 113 cm³/mol. The van der Waals surface area contributed by atoms with Crippen LogP contribution in [0.4, 0.5) is 5.69 Å². The molecule has 0 aliphatic rings. The number of carbonyl (C=O) groups is 1. The zero-order chi connectivity index (χ0) is 19.8. The van der Waals surface area contributed by atoms with E-state index in [0.29, 0.717) is 6.54 Å². The fourth-order valence-electron chi connectivity index (χ4n) is 2.81. The van der Waals surface area contributed by atoms with E-state index in [0.717, 1.165) is 36.2 Å². The molecular formula is C20H29N5OS. The summed E-state index contributed by atoms with van der Waals surface area (Å²) >= 11 is 1.42. The van der Waals surface area contributed by atoms with Crippen LogP contribution in [0.5, 0.6) is 0 Å². The summed E-state index contributed by atoms with van der Waals surface area (Å²) in [5.74, 6) is 0.792. The Morgan fingerprint density at radius 1 is 1.26 bits per heavy atom. The summed E-state index contributed by atoms with van der Waals surface area (Å²) in [6.07, 6.45) is 1.67. The second-order valence-corrected chi connectivity index (χ2v) is 7.37. The molecule has 0 radical (unpaired) electrons. The molecule has 1 atom stereocenters. The number of aromatic nitrogens is 3. The highest BCUT2D eigenvalue weighted by Crippen LogP contribution is 2.28. The molecule has 1 amide bonds. The Morgan fingerprint density at radius 2 is 1.93 bits per heavy atom. The summed E-state index contributed by atoms with van der Waals surface area (Å²) in [5.41, 5.74) is 2.23. The quantitative estimate of drug-likeness (QED) is 0.499. The van der Waals surface area contributed by atoms with Gasteiger partial charge in [-0.2, -0.15) is 0 Å². The van der Waals surface area contributed by atoms with Crippen LogP contribution in [0.2, 0.25) is 0 Å². The van der Waals surface area contributed by atoms with Crippen LogP contribution in [0.25, 0.3) is 11.4 Å². The van der Waals surface area contributed by atoms with Crippen molar-refractivity contribution in [1.29, 1.82) is 0 Å². The van der Waals surface area contributed by atoms with Gasteiger partial charge in [-0.3, -0.25) is 4.79 Å². The molecule has 0 bridgehead atoms. The van der Waals surface area contributed by atoms with E-state index in [-0.39, 0.29) is 11.2 Å². The summed E-state index contributed by atoms with van der Waals surface area (Å²) in [6.45, 7) is 15.0. The lowest BCUT2D eigenvalue weighted by Gasteiger charge is -2.21. The van der Waals surface area contributed by atoms with Gasteiger partial charge >= 0.3 is 0 Å². The largest absolute Gasteiger partial charge is 0.372 e. The molecule has 0 aliphatic heterocycles. The number of anilines is 1. The average Bonchev–Trinajstić information content (AvgIpc) is 3.10. The fraction of sp³-hybridized carbons (Fsp3) is 0.450. The van der Waals surface area contributed by atoms with Crippen LogP contribution >= 0.6 is 11.8 Å². The van der Waals surface area contributed by atoms with Gasteiger partial charge in [-0.25, -0.2) is 0 Å². The fourth-order valence-corrected chi connectivity index (χ4v) is 3.75. The van der Waals surface area contributed by atoms with E-state index in [1.165, 1.54) is 17.4 Å². The van der Waals surface area contributed by atoms with E-state index in [1.54, 1.807) is 6.08 Å². The zero-order valence-corrected chi connectivity index (χ0v) is 17.4. The number of hydrogen-bond donors (Lipinski definition) is 1. The minimum atomic E-state index is -0.252. The minimum Gasteiger partial charge on any atom is -0.372 e. The third-order valence-electron chi connectivity index (χ3n) is 4.36. The Kier molecular flexibility index (Phi) is 7.91. The van der Waals surface area contributed by atoms with Gasteiger partial charge in [-0.1, -0.05) is 17.8 Å². The van der Waals surface area contributed by atoms with Crippen molar-refractivity contribution < 1.29 is 4.79 Å². The Labute approximate surface area is 166 Å². The monoisotopic (exact) mass is 387 g/mol. The van der Waals surface area contributed by atoms with Gasteiger partial charge in [-0.15, -0.1) is 16.8 Å². The molecule has 0 unspecified atom stereocenters. The number of nitrogens with one attached hydrogen (secondary N) is 1. The van der Waals surface area contributed by atoms with Crippen molar-refractivity contribution in [2.24, 2.45) is 0 Å². The van der Waals surface area contributed by atoms with Gasteiger partial charge in [-0.05, 0) is 52.0 Å². The number of nitrogens with zero attached hydrogens (tertiary/aromatic N) is 4. The first-order valence-electron chi connectivity index (χ1n) is 9.39. The second-order valence-electron chi connectivity index (χ2n) is 6.06. The molecule has 1 aromatic heterocycles. The Bertz CT molecular complexity index is 752. The normalized spacial score (nSPS) is 11.9.